The van der Waals surface area contributed by atoms with Crippen LogP contribution in [0.1, 0.15) is 46.4 Å². The zero-order valence-electron chi connectivity index (χ0n) is 16.4. The van der Waals surface area contributed by atoms with Crippen molar-refractivity contribution in [2.75, 3.05) is 6.61 Å². The van der Waals surface area contributed by atoms with Gasteiger partial charge < -0.3 is 25.2 Å². The summed E-state index contributed by atoms with van der Waals surface area (Å²) < 4.78 is 20.5. The molecular weight excluding hydrogens is 375 g/mol. The molecule has 5 atom stereocenters. The summed E-state index contributed by atoms with van der Waals surface area (Å²) in [6, 6.07) is 9.55. The van der Waals surface area contributed by atoms with Crippen LogP contribution in [0.5, 0.6) is 0 Å². The molecule has 2 aliphatic rings. The maximum absolute atomic E-state index is 14.9. The lowest BCUT2D eigenvalue weighted by atomic mass is 9.85. The molecule has 2 aromatic carbocycles. The van der Waals surface area contributed by atoms with Gasteiger partial charge in [0.15, 0.2) is 0 Å². The van der Waals surface area contributed by atoms with Crippen LogP contribution in [0.25, 0.3) is 0 Å². The lowest BCUT2D eigenvalue weighted by Crippen LogP contribution is -2.55. The van der Waals surface area contributed by atoms with E-state index < -0.39 is 42.9 Å². The van der Waals surface area contributed by atoms with Crippen molar-refractivity contribution in [3.63, 3.8) is 0 Å². The fourth-order valence-corrected chi connectivity index (χ4v) is 4.33. The van der Waals surface area contributed by atoms with Crippen molar-refractivity contribution >= 4 is 0 Å². The highest BCUT2D eigenvalue weighted by atomic mass is 19.1. The summed E-state index contributed by atoms with van der Waals surface area (Å²) in [7, 11) is 0. The van der Waals surface area contributed by atoms with Gasteiger partial charge in [-0.3, -0.25) is 0 Å². The van der Waals surface area contributed by atoms with Crippen molar-refractivity contribution in [2.24, 2.45) is 0 Å². The molecule has 1 heterocycles. The van der Waals surface area contributed by atoms with Crippen LogP contribution in [-0.4, -0.2) is 51.4 Å². The molecule has 0 spiro atoms. The Morgan fingerprint density at radius 1 is 0.966 bits per heavy atom. The molecule has 0 radical (unpaired) electrons. The predicted octanol–water partition coefficient (Wildman–Crippen LogP) is 1.59. The number of benzene rings is 2. The van der Waals surface area contributed by atoms with Gasteiger partial charge in [0.05, 0.1) is 6.61 Å². The Labute approximate surface area is 169 Å². The fraction of sp³-hybridized carbons (Fsp3) is 0.478. The van der Waals surface area contributed by atoms with Crippen molar-refractivity contribution in [1.29, 1.82) is 0 Å². The van der Waals surface area contributed by atoms with E-state index in [-0.39, 0.29) is 5.56 Å². The summed E-state index contributed by atoms with van der Waals surface area (Å²) in [5, 5.41) is 39.9. The number of ether oxygens (including phenoxy) is 1. The molecule has 4 N–H and O–H groups in total. The molecule has 29 heavy (non-hydrogen) atoms. The predicted molar refractivity (Wildman–Crippen MR) is 105 cm³/mol. The molecule has 0 aromatic heterocycles. The molecule has 1 aliphatic carbocycles. The number of aryl methyl sites for hydroxylation is 3. The summed E-state index contributed by atoms with van der Waals surface area (Å²) in [6.07, 6.45) is -3.26. The zero-order valence-corrected chi connectivity index (χ0v) is 16.4. The number of aliphatic hydroxyl groups excluding tert-OH is 4. The average molecular weight is 402 g/mol. The van der Waals surface area contributed by atoms with Gasteiger partial charge in [-0.2, -0.15) is 0 Å². The minimum atomic E-state index is -1.53. The third-order valence-electron chi connectivity index (χ3n) is 6.23. The van der Waals surface area contributed by atoms with E-state index in [2.05, 4.69) is 18.2 Å². The second-order valence-electron chi connectivity index (χ2n) is 8.03. The summed E-state index contributed by atoms with van der Waals surface area (Å²) in [5.41, 5.74) is 5.81. The van der Waals surface area contributed by atoms with Crippen LogP contribution in [0.15, 0.2) is 30.3 Å². The third kappa shape index (κ3) is 3.71. The Hall–Kier alpha value is -1.83. The molecular formula is C23H27FO5. The molecule has 5 nitrogen and oxygen atoms in total. The normalized spacial score (nSPS) is 28.7. The van der Waals surface area contributed by atoms with Crippen LogP contribution in [0.3, 0.4) is 0 Å². The second kappa shape index (κ2) is 8.13. The van der Waals surface area contributed by atoms with Gasteiger partial charge in [0.2, 0.25) is 0 Å². The Bertz CT molecular complexity index is 897. The van der Waals surface area contributed by atoms with Gasteiger partial charge >= 0.3 is 0 Å². The van der Waals surface area contributed by atoms with Crippen LogP contribution < -0.4 is 0 Å². The van der Waals surface area contributed by atoms with E-state index in [1.54, 1.807) is 6.07 Å². The molecule has 1 fully saturated rings. The lowest BCUT2D eigenvalue weighted by molar-refractivity contribution is -0.232. The van der Waals surface area contributed by atoms with Crippen molar-refractivity contribution in [2.45, 2.75) is 63.1 Å². The summed E-state index contributed by atoms with van der Waals surface area (Å²) in [5.74, 6) is -0.535. The first-order chi connectivity index (χ1) is 13.9. The quantitative estimate of drug-likeness (QED) is 0.610. The highest BCUT2D eigenvalue weighted by Crippen LogP contribution is 2.35. The lowest BCUT2D eigenvalue weighted by Gasteiger charge is -2.40. The molecule has 6 heteroatoms. The van der Waals surface area contributed by atoms with Crippen molar-refractivity contribution in [3.8, 4) is 0 Å². The smallest absolute Gasteiger partial charge is 0.129 e. The highest BCUT2D eigenvalue weighted by molar-refractivity contribution is 5.43. The largest absolute Gasteiger partial charge is 0.394 e. The van der Waals surface area contributed by atoms with E-state index in [0.717, 1.165) is 29.5 Å². The Morgan fingerprint density at radius 2 is 1.72 bits per heavy atom. The van der Waals surface area contributed by atoms with Crippen molar-refractivity contribution < 1.29 is 29.6 Å². The van der Waals surface area contributed by atoms with Crippen LogP contribution in [0.4, 0.5) is 4.39 Å². The van der Waals surface area contributed by atoms with Gasteiger partial charge in [0.25, 0.3) is 0 Å². The zero-order chi connectivity index (χ0) is 20.7. The summed E-state index contributed by atoms with van der Waals surface area (Å²) in [4.78, 5) is 0. The molecule has 1 saturated heterocycles. The van der Waals surface area contributed by atoms with Gasteiger partial charge in [0, 0.05) is 5.56 Å². The van der Waals surface area contributed by atoms with E-state index in [4.69, 9.17) is 4.74 Å². The minimum Gasteiger partial charge on any atom is -0.394 e. The Balaban J connectivity index is 1.68. The van der Waals surface area contributed by atoms with Gasteiger partial charge in [0.1, 0.15) is 36.3 Å². The highest BCUT2D eigenvalue weighted by Gasteiger charge is 2.44. The number of hydrogen-bond donors (Lipinski definition) is 4. The molecule has 4 rings (SSSR count). The van der Waals surface area contributed by atoms with Crippen molar-refractivity contribution in [1.82, 2.24) is 0 Å². The van der Waals surface area contributed by atoms with Gasteiger partial charge in [-0.15, -0.1) is 0 Å². The first-order valence-corrected chi connectivity index (χ1v) is 10.1. The van der Waals surface area contributed by atoms with Gasteiger partial charge in [-0.05, 0) is 65.6 Å². The molecule has 0 amide bonds. The topological polar surface area (TPSA) is 90.2 Å². The van der Waals surface area contributed by atoms with E-state index in [0.29, 0.717) is 12.8 Å². The van der Waals surface area contributed by atoms with E-state index in [1.807, 2.05) is 6.92 Å². The van der Waals surface area contributed by atoms with Crippen molar-refractivity contribution in [3.05, 3.63) is 69.5 Å². The van der Waals surface area contributed by atoms with Gasteiger partial charge in [-0.1, -0.05) is 25.1 Å². The first-order valence-electron chi connectivity index (χ1n) is 10.1. The summed E-state index contributed by atoms with van der Waals surface area (Å²) >= 11 is 0. The van der Waals surface area contributed by atoms with Crippen LogP contribution in [-0.2, 0) is 30.4 Å². The van der Waals surface area contributed by atoms with E-state index >= 15 is 0 Å². The SMILES string of the molecule is CCc1cc(F)c([C@@H]2O[C@H](CO)[C@@H](O)[C@H](O)[C@H]2O)cc1Cc1ccc2c(c1)CC2. The van der Waals surface area contributed by atoms with Crippen LogP contribution >= 0.6 is 0 Å². The van der Waals surface area contributed by atoms with Crippen LogP contribution in [0.2, 0.25) is 0 Å². The van der Waals surface area contributed by atoms with E-state index in [9.17, 15) is 24.8 Å². The standard InChI is InChI=1S/C23H27FO5/c1-2-13-10-18(24)17(23-22(28)21(27)20(26)19(11-25)29-23)9-16(13)8-12-3-4-14-5-6-15(14)7-12/h3-4,7,9-10,19-23,25-28H,2,5-6,8,11H2,1H3/t19-,20-,21+,22-,23+/m1/s1. The van der Waals surface area contributed by atoms with E-state index in [1.165, 1.54) is 17.2 Å². The number of hydrogen-bond acceptors (Lipinski definition) is 5. The Kier molecular flexibility index (Phi) is 5.73. The second-order valence-corrected chi connectivity index (χ2v) is 8.03. The average Bonchev–Trinajstić information content (AvgIpc) is 2.70. The molecule has 0 saturated carbocycles. The fourth-order valence-electron chi connectivity index (χ4n) is 4.33. The third-order valence-corrected chi connectivity index (χ3v) is 6.23. The molecule has 0 unspecified atom stereocenters. The molecule has 0 bridgehead atoms. The molecule has 1 aliphatic heterocycles. The number of halogens is 1. The number of rotatable bonds is 5. The first kappa shape index (κ1) is 20.4. The minimum absolute atomic E-state index is 0.123. The maximum atomic E-state index is 14.9. The molecule has 156 valence electrons. The monoisotopic (exact) mass is 402 g/mol. The maximum Gasteiger partial charge on any atom is 0.129 e. The summed E-state index contributed by atoms with van der Waals surface area (Å²) in [6.45, 7) is 1.42. The number of fused-ring (bicyclic) bond motifs is 1. The van der Waals surface area contributed by atoms with Gasteiger partial charge in [-0.25, -0.2) is 4.39 Å². The molecule has 2 aromatic rings. The van der Waals surface area contributed by atoms with Crippen LogP contribution in [0, 0.1) is 5.82 Å². The number of aliphatic hydroxyl groups is 4. The Morgan fingerprint density at radius 3 is 2.34 bits per heavy atom.